The molecule has 1 aromatic carbocycles. The van der Waals surface area contributed by atoms with Gasteiger partial charge in [-0.15, -0.1) is 0 Å². The summed E-state index contributed by atoms with van der Waals surface area (Å²) in [6.07, 6.45) is 4.79. The average molecular weight is 274 g/mol. The zero-order chi connectivity index (χ0) is 13.2. The van der Waals surface area contributed by atoms with Crippen molar-refractivity contribution in [1.29, 1.82) is 0 Å². The smallest absolute Gasteiger partial charge is 0.137 e. The zero-order valence-electron chi connectivity index (χ0n) is 10.9. The van der Waals surface area contributed by atoms with Crippen LogP contribution in [-0.4, -0.2) is 16.0 Å². The van der Waals surface area contributed by atoms with Gasteiger partial charge in [0.2, 0.25) is 0 Å². The lowest BCUT2D eigenvalue weighted by molar-refractivity contribution is 0.608. The summed E-state index contributed by atoms with van der Waals surface area (Å²) in [6, 6.07) is 9.07. The summed E-state index contributed by atoms with van der Waals surface area (Å²) < 4.78 is 0. The fourth-order valence-electron chi connectivity index (χ4n) is 2.59. The predicted octanol–water partition coefficient (Wildman–Crippen LogP) is 3.41. The Morgan fingerprint density at radius 1 is 1.21 bits per heavy atom. The molecule has 19 heavy (non-hydrogen) atoms. The van der Waals surface area contributed by atoms with E-state index in [-0.39, 0.29) is 0 Å². The molecule has 0 amide bonds. The van der Waals surface area contributed by atoms with Crippen molar-refractivity contribution < 1.29 is 0 Å². The SMILES string of the molecule is Cc1c(Cl)ncnc1NC1CCc2ccccc2C1. The Morgan fingerprint density at radius 3 is 2.84 bits per heavy atom. The molecular formula is C15H16ClN3. The molecule has 0 saturated carbocycles. The molecule has 1 aliphatic rings. The highest BCUT2D eigenvalue weighted by atomic mass is 35.5. The number of fused-ring (bicyclic) bond motifs is 1. The van der Waals surface area contributed by atoms with Gasteiger partial charge in [0.15, 0.2) is 0 Å². The quantitative estimate of drug-likeness (QED) is 0.852. The Labute approximate surface area is 118 Å². The van der Waals surface area contributed by atoms with E-state index in [1.807, 2.05) is 6.92 Å². The predicted molar refractivity (Wildman–Crippen MR) is 77.7 cm³/mol. The number of anilines is 1. The number of halogens is 1. The molecule has 3 rings (SSSR count). The first-order valence-corrected chi connectivity index (χ1v) is 6.92. The molecule has 1 unspecified atom stereocenters. The molecule has 1 heterocycles. The van der Waals surface area contributed by atoms with E-state index in [2.05, 4.69) is 39.6 Å². The molecule has 1 N–H and O–H groups in total. The molecule has 3 nitrogen and oxygen atoms in total. The van der Waals surface area contributed by atoms with Crippen molar-refractivity contribution in [2.75, 3.05) is 5.32 Å². The number of nitrogens with one attached hydrogen (secondary N) is 1. The number of nitrogens with zero attached hydrogens (tertiary/aromatic N) is 2. The summed E-state index contributed by atoms with van der Waals surface area (Å²) in [5.74, 6) is 0.851. The number of hydrogen-bond acceptors (Lipinski definition) is 3. The minimum Gasteiger partial charge on any atom is -0.367 e. The van der Waals surface area contributed by atoms with Crippen LogP contribution in [-0.2, 0) is 12.8 Å². The Kier molecular flexibility index (Phi) is 3.38. The zero-order valence-corrected chi connectivity index (χ0v) is 11.6. The lowest BCUT2D eigenvalue weighted by atomic mass is 9.88. The minimum absolute atomic E-state index is 0.416. The first-order chi connectivity index (χ1) is 9.24. The van der Waals surface area contributed by atoms with Gasteiger partial charge in [-0.2, -0.15) is 0 Å². The molecule has 1 atom stereocenters. The second kappa shape index (κ2) is 5.17. The van der Waals surface area contributed by atoms with Gasteiger partial charge in [0.25, 0.3) is 0 Å². The van der Waals surface area contributed by atoms with Gasteiger partial charge < -0.3 is 5.32 Å². The van der Waals surface area contributed by atoms with Crippen molar-refractivity contribution in [2.45, 2.75) is 32.2 Å². The summed E-state index contributed by atoms with van der Waals surface area (Å²) in [7, 11) is 0. The van der Waals surface area contributed by atoms with E-state index >= 15 is 0 Å². The third-order valence-corrected chi connectivity index (χ3v) is 4.09. The van der Waals surface area contributed by atoms with Gasteiger partial charge in [-0.05, 0) is 37.3 Å². The molecular weight excluding hydrogens is 258 g/mol. The van der Waals surface area contributed by atoms with Crippen LogP contribution in [0.25, 0.3) is 0 Å². The van der Waals surface area contributed by atoms with Crippen LogP contribution in [0.2, 0.25) is 5.15 Å². The standard InChI is InChI=1S/C15H16ClN3/c1-10-14(16)17-9-18-15(10)19-13-7-6-11-4-2-3-5-12(11)8-13/h2-5,9,13H,6-8H2,1H3,(H,17,18,19). The van der Waals surface area contributed by atoms with E-state index in [0.717, 1.165) is 30.6 Å². The summed E-state index contributed by atoms with van der Waals surface area (Å²) in [5, 5.41) is 4.02. The lowest BCUT2D eigenvalue weighted by Gasteiger charge is -2.26. The number of hydrogen-bond donors (Lipinski definition) is 1. The number of rotatable bonds is 2. The van der Waals surface area contributed by atoms with Crippen LogP contribution in [0.15, 0.2) is 30.6 Å². The molecule has 1 aromatic heterocycles. The third-order valence-electron chi connectivity index (χ3n) is 3.71. The summed E-state index contributed by atoms with van der Waals surface area (Å²) in [6.45, 7) is 1.95. The number of aryl methyl sites for hydroxylation is 1. The van der Waals surface area contributed by atoms with E-state index in [4.69, 9.17) is 11.6 Å². The van der Waals surface area contributed by atoms with E-state index < -0.39 is 0 Å². The normalized spacial score (nSPS) is 17.9. The lowest BCUT2D eigenvalue weighted by Crippen LogP contribution is -2.28. The largest absolute Gasteiger partial charge is 0.367 e. The maximum Gasteiger partial charge on any atom is 0.137 e. The van der Waals surface area contributed by atoms with E-state index in [0.29, 0.717) is 11.2 Å². The Morgan fingerprint density at radius 2 is 2.00 bits per heavy atom. The molecule has 1 aliphatic carbocycles. The van der Waals surface area contributed by atoms with Crippen molar-refractivity contribution >= 4 is 17.4 Å². The van der Waals surface area contributed by atoms with Crippen molar-refractivity contribution in [3.63, 3.8) is 0 Å². The van der Waals surface area contributed by atoms with Crippen molar-refractivity contribution in [2.24, 2.45) is 0 Å². The minimum atomic E-state index is 0.416. The second-order valence-corrected chi connectivity index (χ2v) is 5.35. The van der Waals surface area contributed by atoms with Crippen molar-refractivity contribution in [3.8, 4) is 0 Å². The molecule has 0 saturated heterocycles. The van der Waals surface area contributed by atoms with E-state index in [9.17, 15) is 0 Å². The van der Waals surface area contributed by atoms with Gasteiger partial charge >= 0.3 is 0 Å². The molecule has 0 radical (unpaired) electrons. The highest BCUT2D eigenvalue weighted by Crippen LogP contribution is 2.25. The summed E-state index contributed by atoms with van der Waals surface area (Å²) in [4.78, 5) is 8.27. The molecule has 98 valence electrons. The van der Waals surface area contributed by atoms with Gasteiger partial charge in [-0.1, -0.05) is 35.9 Å². The van der Waals surface area contributed by atoms with Gasteiger partial charge in [0.1, 0.15) is 17.3 Å². The molecule has 4 heteroatoms. The average Bonchev–Trinajstić information content (AvgIpc) is 2.44. The summed E-state index contributed by atoms with van der Waals surface area (Å²) in [5.41, 5.74) is 3.82. The van der Waals surface area contributed by atoms with E-state index in [1.165, 1.54) is 17.5 Å². The van der Waals surface area contributed by atoms with Crippen LogP contribution in [0.1, 0.15) is 23.1 Å². The topological polar surface area (TPSA) is 37.8 Å². The monoisotopic (exact) mass is 273 g/mol. The van der Waals surface area contributed by atoms with Crippen LogP contribution in [0.5, 0.6) is 0 Å². The molecule has 2 aromatic rings. The highest BCUT2D eigenvalue weighted by Gasteiger charge is 2.19. The molecule has 0 bridgehead atoms. The fourth-order valence-corrected chi connectivity index (χ4v) is 2.72. The maximum atomic E-state index is 6.02. The van der Waals surface area contributed by atoms with E-state index in [1.54, 1.807) is 0 Å². The van der Waals surface area contributed by atoms with Gasteiger partial charge in [-0.3, -0.25) is 0 Å². The Balaban J connectivity index is 1.77. The third kappa shape index (κ3) is 2.56. The maximum absolute atomic E-state index is 6.02. The van der Waals surface area contributed by atoms with Crippen LogP contribution < -0.4 is 5.32 Å². The van der Waals surface area contributed by atoms with Gasteiger partial charge in [-0.25, -0.2) is 9.97 Å². The molecule has 0 fully saturated rings. The highest BCUT2D eigenvalue weighted by molar-refractivity contribution is 6.30. The fraction of sp³-hybridized carbons (Fsp3) is 0.333. The Hall–Kier alpha value is -1.61. The van der Waals surface area contributed by atoms with Gasteiger partial charge in [0, 0.05) is 11.6 Å². The first kappa shape index (κ1) is 12.4. The Bertz CT molecular complexity index is 598. The van der Waals surface area contributed by atoms with Crippen LogP contribution in [0, 0.1) is 6.92 Å². The van der Waals surface area contributed by atoms with Crippen LogP contribution >= 0.6 is 11.6 Å². The van der Waals surface area contributed by atoms with Crippen LogP contribution in [0.4, 0.5) is 5.82 Å². The molecule has 0 spiro atoms. The second-order valence-electron chi connectivity index (χ2n) is 4.99. The molecule has 0 aliphatic heterocycles. The van der Waals surface area contributed by atoms with Crippen molar-refractivity contribution in [1.82, 2.24) is 9.97 Å². The van der Waals surface area contributed by atoms with Crippen LogP contribution in [0.3, 0.4) is 0 Å². The first-order valence-electron chi connectivity index (χ1n) is 6.54. The number of benzene rings is 1. The summed E-state index contributed by atoms with van der Waals surface area (Å²) >= 11 is 6.02. The van der Waals surface area contributed by atoms with Crippen molar-refractivity contribution in [3.05, 3.63) is 52.4 Å². The van der Waals surface area contributed by atoms with Gasteiger partial charge in [0.05, 0.1) is 0 Å². The number of aromatic nitrogens is 2.